The summed E-state index contributed by atoms with van der Waals surface area (Å²) >= 11 is 0. The summed E-state index contributed by atoms with van der Waals surface area (Å²) in [6.07, 6.45) is 1.81. The molecule has 3 aromatic rings. The number of carboxylic acids is 1. The number of hydrogen-bond donors (Lipinski definition) is 2. The number of benzene rings is 2. The maximum atomic E-state index is 12.7. The van der Waals surface area contributed by atoms with Crippen molar-refractivity contribution in [1.29, 1.82) is 0 Å². The van der Waals surface area contributed by atoms with Crippen LogP contribution in [-0.2, 0) is 4.79 Å². The number of likely N-dealkylation sites (N-methyl/N-ethyl adjacent to an activating group) is 1. The minimum atomic E-state index is -0.933. The third kappa shape index (κ3) is 1.94. The molecule has 0 saturated heterocycles. The second-order valence-electron chi connectivity index (χ2n) is 6.05. The van der Waals surface area contributed by atoms with Crippen LogP contribution in [0.15, 0.2) is 54.7 Å². The predicted molar refractivity (Wildman–Crippen MR) is 90.0 cm³/mol. The first-order valence-electron chi connectivity index (χ1n) is 7.74. The maximum Gasteiger partial charge on any atom is 0.313 e. The van der Waals surface area contributed by atoms with E-state index in [1.165, 1.54) is 4.90 Å². The number of hydrogen-bond acceptors (Lipinski definition) is 2. The van der Waals surface area contributed by atoms with E-state index in [9.17, 15) is 14.7 Å². The summed E-state index contributed by atoms with van der Waals surface area (Å²) in [5, 5.41) is 10.8. The second kappa shape index (κ2) is 5.23. The molecule has 2 aromatic carbocycles. The highest BCUT2D eigenvalue weighted by Crippen LogP contribution is 2.43. The summed E-state index contributed by atoms with van der Waals surface area (Å²) in [4.78, 5) is 29.5. The Morgan fingerprint density at radius 2 is 1.79 bits per heavy atom. The van der Waals surface area contributed by atoms with Crippen molar-refractivity contribution < 1.29 is 14.7 Å². The number of aromatic amines is 1. The van der Waals surface area contributed by atoms with Crippen LogP contribution in [0.25, 0.3) is 10.9 Å². The summed E-state index contributed by atoms with van der Waals surface area (Å²) in [6.45, 7) is 0. The normalized spacial score (nSPS) is 20.2. The molecule has 2 heterocycles. The average Bonchev–Trinajstić information content (AvgIpc) is 3.01. The SMILES string of the molecule is CN1C(=O)c2ccccc2[C@@H](C(=O)O)[C@@H]1c1c[nH]c2ccccc12. The molecule has 2 atom stereocenters. The van der Waals surface area contributed by atoms with Crippen molar-refractivity contribution in [1.82, 2.24) is 9.88 Å². The number of carbonyl (C=O) groups excluding carboxylic acids is 1. The number of amides is 1. The number of fused-ring (bicyclic) bond motifs is 2. The van der Waals surface area contributed by atoms with Crippen LogP contribution in [0.3, 0.4) is 0 Å². The minimum Gasteiger partial charge on any atom is -0.481 e. The van der Waals surface area contributed by atoms with Gasteiger partial charge in [-0.25, -0.2) is 0 Å². The first-order valence-corrected chi connectivity index (χ1v) is 7.74. The monoisotopic (exact) mass is 320 g/mol. The molecule has 0 aliphatic carbocycles. The Labute approximate surface area is 138 Å². The van der Waals surface area contributed by atoms with Gasteiger partial charge in [-0.05, 0) is 17.7 Å². The highest BCUT2D eigenvalue weighted by molar-refractivity contribution is 6.01. The molecule has 1 amide bonds. The standard InChI is InChI=1S/C19H16N2O3/c1-21-17(14-10-20-15-9-5-4-6-11(14)15)16(19(23)24)12-7-2-3-8-13(12)18(21)22/h2-10,16-17,20H,1H3,(H,23,24)/t16-,17+/m1/s1. The number of rotatable bonds is 2. The first-order chi connectivity index (χ1) is 11.6. The number of aromatic nitrogens is 1. The molecular formula is C19H16N2O3. The molecule has 0 unspecified atom stereocenters. The average molecular weight is 320 g/mol. The van der Waals surface area contributed by atoms with E-state index in [4.69, 9.17) is 0 Å². The van der Waals surface area contributed by atoms with Gasteiger partial charge in [-0.1, -0.05) is 36.4 Å². The number of para-hydroxylation sites is 1. The lowest BCUT2D eigenvalue weighted by Gasteiger charge is -2.38. The highest BCUT2D eigenvalue weighted by Gasteiger charge is 2.43. The van der Waals surface area contributed by atoms with Gasteiger partial charge in [-0.15, -0.1) is 0 Å². The van der Waals surface area contributed by atoms with Gasteiger partial charge >= 0.3 is 5.97 Å². The molecule has 0 saturated carbocycles. The molecule has 2 N–H and O–H groups in total. The second-order valence-corrected chi connectivity index (χ2v) is 6.05. The van der Waals surface area contributed by atoms with Gasteiger partial charge in [0.25, 0.3) is 5.91 Å². The quantitative estimate of drug-likeness (QED) is 0.762. The Morgan fingerprint density at radius 1 is 1.08 bits per heavy atom. The van der Waals surface area contributed by atoms with E-state index in [0.717, 1.165) is 16.5 Å². The van der Waals surface area contributed by atoms with Crippen LogP contribution in [0.1, 0.15) is 33.4 Å². The molecule has 1 aliphatic rings. The van der Waals surface area contributed by atoms with Crippen molar-refractivity contribution in [3.63, 3.8) is 0 Å². The predicted octanol–water partition coefficient (Wildman–Crippen LogP) is 3.16. The number of nitrogens with zero attached hydrogens (tertiary/aromatic N) is 1. The third-order valence-electron chi connectivity index (χ3n) is 4.79. The van der Waals surface area contributed by atoms with Crippen molar-refractivity contribution >= 4 is 22.8 Å². The van der Waals surface area contributed by atoms with Crippen LogP contribution in [0.2, 0.25) is 0 Å². The fourth-order valence-electron chi connectivity index (χ4n) is 3.67. The largest absolute Gasteiger partial charge is 0.481 e. The number of carbonyl (C=O) groups is 2. The van der Waals surface area contributed by atoms with Crippen molar-refractivity contribution in [2.75, 3.05) is 7.05 Å². The van der Waals surface area contributed by atoms with Crippen molar-refractivity contribution in [3.8, 4) is 0 Å². The molecule has 0 radical (unpaired) electrons. The van der Waals surface area contributed by atoms with Crippen LogP contribution in [-0.4, -0.2) is 33.9 Å². The molecule has 1 aliphatic heterocycles. The molecular weight excluding hydrogens is 304 g/mol. The van der Waals surface area contributed by atoms with Gasteiger partial charge in [0.1, 0.15) is 5.92 Å². The summed E-state index contributed by atoms with van der Waals surface area (Å²) in [6, 6.07) is 14.1. The summed E-state index contributed by atoms with van der Waals surface area (Å²) < 4.78 is 0. The minimum absolute atomic E-state index is 0.154. The molecule has 5 heteroatoms. The number of carboxylic acid groups (broad SMARTS) is 1. The maximum absolute atomic E-state index is 12.7. The Bertz CT molecular complexity index is 960. The Balaban J connectivity index is 1.97. The van der Waals surface area contributed by atoms with Crippen LogP contribution < -0.4 is 0 Å². The van der Waals surface area contributed by atoms with E-state index in [1.807, 2.05) is 30.5 Å². The molecule has 1 aromatic heterocycles. The van der Waals surface area contributed by atoms with Gasteiger partial charge < -0.3 is 15.0 Å². The summed E-state index contributed by atoms with van der Waals surface area (Å²) in [5.41, 5.74) is 2.78. The Kier molecular flexibility index (Phi) is 3.16. The van der Waals surface area contributed by atoms with E-state index in [0.29, 0.717) is 11.1 Å². The lowest BCUT2D eigenvalue weighted by Crippen LogP contribution is -2.42. The van der Waals surface area contributed by atoms with Crippen molar-refractivity contribution in [2.45, 2.75) is 12.0 Å². The topological polar surface area (TPSA) is 73.4 Å². The molecule has 0 fully saturated rings. The van der Waals surface area contributed by atoms with Crippen molar-refractivity contribution in [2.24, 2.45) is 0 Å². The fraction of sp³-hybridized carbons (Fsp3) is 0.158. The molecule has 4 rings (SSSR count). The molecule has 0 bridgehead atoms. The van der Waals surface area contributed by atoms with Gasteiger partial charge in [-0.2, -0.15) is 0 Å². The first kappa shape index (κ1) is 14.5. The van der Waals surface area contributed by atoms with Crippen molar-refractivity contribution in [3.05, 3.63) is 71.4 Å². The summed E-state index contributed by atoms with van der Waals surface area (Å²) in [7, 11) is 1.67. The van der Waals surface area contributed by atoms with Gasteiger partial charge in [-0.3, -0.25) is 9.59 Å². The number of aliphatic carboxylic acids is 1. The van der Waals surface area contributed by atoms with E-state index < -0.39 is 17.9 Å². The van der Waals surface area contributed by atoms with Gasteiger partial charge in [0.2, 0.25) is 0 Å². The van der Waals surface area contributed by atoms with Crippen LogP contribution in [0, 0.1) is 0 Å². The third-order valence-corrected chi connectivity index (χ3v) is 4.79. The Hall–Kier alpha value is -3.08. The van der Waals surface area contributed by atoms with E-state index in [1.54, 1.807) is 31.3 Å². The zero-order valence-corrected chi connectivity index (χ0v) is 13.1. The smallest absolute Gasteiger partial charge is 0.313 e. The van der Waals surface area contributed by atoms with Gasteiger partial charge in [0.15, 0.2) is 0 Å². The number of nitrogens with one attached hydrogen (secondary N) is 1. The highest BCUT2D eigenvalue weighted by atomic mass is 16.4. The van der Waals surface area contributed by atoms with Crippen LogP contribution in [0.5, 0.6) is 0 Å². The number of H-pyrrole nitrogens is 1. The van der Waals surface area contributed by atoms with E-state index >= 15 is 0 Å². The fourth-order valence-corrected chi connectivity index (χ4v) is 3.67. The zero-order chi connectivity index (χ0) is 16.8. The van der Waals surface area contributed by atoms with Crippen LogP contribution in [0.4, 0.5) is 0 Å². The van der Waals surface area contributed by atoms with Gasteiger partial charge in [0.05, 0.1) is 6.04 Å². The van der Waals surface area contributed by atoms with Gasteiger partial charge in [0, 0.05) is 35.3 Å². The lowest BCUT2D eigenvalue weighted by molar-refractivity contribution is -0.140. The van der Waals surface area contributed by atoms with E-state index in [2.05, 4.69) is 4.98 Å². The lowest BCUT2D eigenvalue weighted by atomic mass is 9.80. The molecule has 0 spiro atoms. The van der Waals surface area contributed by atoms with Crippen LogP contribution >= 0.6 is 0 Å². The summed E-state index contributed by atoms with van der Waals surface area (Å²) in [5.74, 6) is -1.89. The van der Waals surface area contributed by atoms with E-state index in [-0.39, 0.29) is 5.91 Å². The molecule has 120 valence electrons. The zero-order valence-electron chi connectivity index (χ0n) is 13.1. The Morgan fingerprint density at radius 3 is 2.58 bits per heavy atom. The molecule has 5 nitrogen and oxygen atoms in total. The molecule has 24 heavy (non-hydrogen) atoms.